The molecule has 0 fully saturated rings. The van der Waals surface area contributed by atoms with Crippen molar-refractivity contribution in [3.8, 4) is 11.5 Å². The van der Waals surface area contributed by atoms with Gasteiger partial charge in [-0.3, -0.25) is 4.79 Å². The molecule has 148 valence electrons. The molecule has 0 radical (unpaired) electrons. The smallest absolute Gasteiger partial charge is 0.318 e. The molecule has 0 bridgehead atoms. The molecule has 2 aromatic carbocycles. The van der Waals surface area contributed by atoms with Crippen LogP contribution in [0.3, 0.4) is 0 Å². The van der Waals surface area contributed by atoms with Gasteiger partial charge in [-0.1, -0.05) is 11.6 Å². The van der Waals surface area contributed by atoms with E-state index in [4.69, 9.17) is 21.1 Å². The average molecular weight is 404 g/mol. The third kappa shape index (κ3) is 5.92. The van der Waals surface area contributed by atoms with E-state index in [0.29, 0.717) is 40.1 Å². The summed E-state index contributed by atoms with van der Waals surface area (Å²) < 4.78 is 10.8. The van der Waals surface area contributed by atoms with Gasteiger partial charge < -0.3 is 25.4 Å². The maximum Gasteiger partial charge on any atom is 0.318 e. The van der Waals surface area contributed by atoms with Crippen molar-refractivity contribution in [3.63, 3.8) is 0 Å². The summed E-state index contributed by atoms with van der Waals surface area (Å²) >= 11 is 6.22. The van der Waals surface area contributed by atoms with Gasteiger partial charge in [0.15, 0.2) is 11.5 Å². The summed E-state index contributed by atoms with van der Waals surface area (Å²) in [6, 6.07) is 9.86. The van der Waals surface area contributed by atoms with Gasteiger partial charge in [0, 0.05) is 24.5 Å². The number of methoxy groups -OCH3 is 1. The number of urea groups is 1. The normalized spacial score (nSPS) is 10.4. The van der Waals surface area contributed by atoms with Gasteiger partial charge >= 0.3 is 6.03 Å². The van der Waals surface area contributed by atoms with Crippen molar-refractivity contribution in [2.45, 2.75) is 6.92 Å². The molecule has 0 spiro atoms. The lowest BCUT2D eigenvalue weighted by molar-refractivity contribution is -0.111. The summed E-state index contributed by atoms with van der Waals surface area (Å²) in [5.41, 5.74) is 1.91. The molecule has 0 heterocycles. The van der Waals surface area contributed by atoms with Crippen molar-refractivity contribution in [3.05, 3.63) is 53.1 Å². The van der Waals surface area contributed by atoms with Crippen LogP contribution in [-0.2, 0) is 4.79 Å². The molecule has 0 saturated carbocycles. The second-order valence-corrected chi connectivity index (χ2v) is 5.98. The van der Waals surface area contributed by atoms with E-state index in [1.807, 2.05) is 6.92 Å². The van der Waals surface area contributed by atoms with E-state index in [-0.39, 0.29) is 11.9 Å². The van der Waals surface area contributed by atoms with Crippen LogP contribution in [0, 0.1) is 0 Å². The fraction of sp³-hybridized carbons (Fsp3) is 0.200. The predicted molar refractivity (Wildman–Crippen MR) is 111 cm³/mol. The van der Waals surface area contributed by atoms with Crippen LogP contribution in [-0.4, -0.2) is 32.7 Å². The van der Waals surface area contributed by atoms with Crippen molar-refractivity contribution in [2.75, 3.05) is 31.4 Å². The Balaban J connectivity index is 2.03. The van der Waals surface area contributed by atoms with Gasteiger partial charge in [-0.25, -0.2) is 4.79 Å². The van der Waals surface area contributed by atoms with Crippen LogP contribution in [0.15, 0.2) is 42.5 Å². The van der Waals surface area contributed by atoms with E-state index in [0.717, 1.165) is 0 Å². The maximum absolute atomic E-state index is 12.1. The number of anilines is 2. The minimum absolute atomic E-state index is 0.309. The second kappa shape index (κ2) is 10.2. The third-order valence-electron chi connectivity index (χ3n) is 3.60. The molecule has 8 heteroatoms. The number of halogens is 1. The molecule has 7 nitrogen and oxygen atoms in total. The molecular weight excluding hydrogens is 382 g/mol. The minimum Gasteiger partial charge on any atom is -0.493 e. The number of hydrogen-bond donors (Lipinski definition) is 3. The first kappa shape index (κ1) is 21.1. The number of carbonyl (C=O) groups is 2. The van der Waals surface area contributed by atoms with Crippen molar-refractivity contribution in [1.82, 2.24) is 5.32 Å². The van der Waals surface area contributed by atoms with Crippen molar-refractivity contribution >= 4 is 41.0 Å². The number of nitrogens with one attached hydrogen (secondary N) is 3. The van der Waals surface area contributed by atoms with Gasteiger partial charge in [0.1, 0.15) is 0 Å². The number of hydrogen-bond acceptors (Lipinski definition) is 4. The fourth-order valence-electron chi connectivity index (χ4n) is 2.31. The van der Waals surface area contributed by atoms with Gasteiger partial charge in [0.25, 0.3) is 0 Å². The molecule has 2 rings (SSSR count). The first-order valence-corrected chi connectivity index (χ1v) is 8.92. The summed E-state index contributed by atoms with van der Waals surface area (Å²) in [7, 11) is 3.06. The quantitative estimate of drug-likeness (QED) is 0.606. The van der Waals surface area contributed by atoms with Crippen molar-refractivity contribution < 1.29 is 19.1 Å². The Morgan fingerprint density at radius 1 is 1.11 bits per heavy atom. The Labute approximate surface area is 168 Å². The number of ether oxygens (including phenoxy) is 2. The lowest BCUT2D eigenvalue weighted by Crippen LogP contribution is -2.24. The summed E-state index contributed by atoms with van der Waals surface area (Å²) in [4.78, 5) is 23.4. The van der Waals surface area contributed by atoms with Crippen LogP contribution < -0.4 is 25.4 Å². The highest BCUT2D eigenvalue weighted by molar-refractivity contribution is 6.32. The fourth-order valence-corrected chi connectivity index (χ4v) is 2.58. The van der Waals surface area contributed by atoms with Crippen LogP contribution in [0.4, 0.5) is 16.2 Å². The Morgan fingerprint density at radius 2 is 1.75 bits per heavy atom. The highest BCUT2D eigenvalue weighted by Gasteiger charge is 2.10. The summed E-state index contributed by atoms with van der Waals surface area (Å²) in [6.45, 7) is 2.32. The van der Waals surface area contributed by atoms with Crippen molar-refractivity contribution in [1.29, 1.82) is 0 Å². The molecule has 3 N–H and O–H groups in total. The number of amides is 3. The molecule has 3 amide bonds. The van der Waals surface area contributed by atoms with Gasteiger partial charge in [-0.15, -0.1) is 0 Å². The molecule has 2 aromatic rings. The second-order valence-electron chi connectivity index (χ2n) is 5.57. The van der Waals surface area contributed by atoms with Crippen LogP contribution in [0.25, 0.3) is 6.08 Å². The van der Waals surface area contributed by atoms with Crippen molar-refractivity contribution in [2.24, 2.45) is 0 Å². The zero-order valence-electron chi connectivity index (χ0n) is 15.8. The van der Waals surface area contributed by atoms with Gasteiger partial charge in [-0.05, 0) is 55.0 Å². The molecule has 0 unspecified atom stereocenters. The molecule has 0 atom stereocenters. The topological polar surface area (TPSA) is 88.7 Å². The SMILES string of the molecule is CCOc1c(Cl)cc(/C=C/C(=O)Nc2ccc(NC(=O)NC)cc2)cc1OC. The highest BCUT2D eigenvalue weighted by Crippen LogP contribution is 2.36. The van der Waals surface area contributed by atoms with E-state index in [1.165, 1.54) is 20.2 Å². The van der Waals surface area contributed by atoms with Gasteiger partial charge in [0.05, 0.1) is 18.7 Å². The van der Waals surface area contributed by atoms with E-state index >= 15 is 0 Å². The molecular formula is C20H22ClN3O4. The van der Waals surface area contributed by atoms with E-state index in [2.05, 4.69) is 16.0 Å². The Bertz CT molecular complexity index is 866. The monoisotopic (exact) mass is 403 g/mol. The van der Waals surface area contributed by atoms with E-state index in [9.17, 15) is 9.59 Å². The first-order chi connectivity index (χ1) is 13.5. The number of benzene rings is 2. The largest absolute Gasteiger partial charge is 0.493 e. The predicted octanol–water partition coefficient (Wildman–Crippen LogP) is 4.15. The molecule has 0 aromatic heterocycles. The lowest BCUT2D eigenvalue weighted by atomic mass is 10.2. The van der Waals surface area contributed by atoms with Crippen LogP contribution >= 0.6 is 11.6 Å². The Morgan fingerprint density at radius 3 is 2.32 bits per heavy atom. The highest BCUT2D eigenvalue weighted by atomic mass is 35.5. The van der Waals surface area contributed by atoms with E-state index < -0.39 is 0 Å². The van der Waals surface area contributed by atoms with Gasteiger partial charge in [0.2, 0.25) is 5.91 Å². The summed E-state index contributed by atoms with van der Waals surface area (Å²) in [6.07, 6.45) is 3.02. The van der Waals surface area contributed by atoms with Crippen LogP contribution in [0.2, 0.25) is 5.02 Å². The molecule has 0 aliphatic heterocycles. The zero-order valence-corrected chi connectivity index (χ0v) is 16.6. The molecule has 0 saturated heterocycles. The number of carbonyl (C=O) groups excluding carboxylic acids is 2. The van der Waals surface area contributed by atoms with E-state index in [1.54, 1.807) is 42.5 Å². The first-order valence-electron chi connectivity index (χ1n) is 8.55. The minimum atomic E-state index is -0.316. The summed E-state index contributed by atoms with van der Waals surface area (Å²) in [5.74, 6) is 0.656. The van der Waals surface area contributed by atoms with Gasteiger partial charge in [-0.2, -0.15) is 0 Å². The number of rotatable bonds is 7. The Hall–Kier alpha value is -3.19. The third-order valence-corrected chi connectivity index (χ3v) is 3.89. The average Bonchev–Trinajstić information content (AvgIpc) is 2.69. The Kier molecular flexibility index (Phi) is 7.71. The van der Waals surface area contributed by atoms with Crippen LogP contribution in [0.5, 0.6) is 11.5 Å². The lowest BCUT2D eigenvalue weighted by Gasteiger charge is -2.11. The summed E-state index contributed by atoms with van der Waals surface area (Å²) in [5, 5.41) is 8.24. The van der Waals surface area contributed by atoms with Crippen LogP contribution in [0.1, 0.15) is 12.5 Å². The maximum atomic E-state index is 12.1. The zero-order chi connectivity index (χ0) is 20.5. The standard InChI is InChI=1S/C20H22ClN3O4/c1-4-28-19-16(21)11-13(12-17(19)27-3)5-10-18(25)23-14-6-8-15(9-7-14)24-20(26)22-2/h5-12H,4H2,1-3H3,(H,23,25)(H2,22,24,26)/b10-5+. The molecule has 0 aliphatic carbocycles. The molecule has 28 heavy (non-hydrogen) atoms. The molecule has 0 aliphatic rings.